The van der Waals surface area contributed by atoms with E-state index < -0.39 is 23.9 Å². The van der Waals surface area contributed by atoms with Crippen molar-refractivity contribution in [2.75, 3.05) is 0 Å². The molecule has 24 heavy (non-hydrogen) atoms. The molecule has 1 unspecified atom stereocenters. The topological polar surface area (TPSA) is 75.6 Å². The molecule has 0 saturated heterocycles. The van der Waals surface area contributed by atoms with Crippen molar-refractivity contribution in [2.45, 2.75) is 19.1 Å². The summed E-state index contributed by atoms with van der Waals surface area (Å²) in [6.45, 7) is 0.0522. The first kappa shape index (κ1) is 17.7. The normalized spacial score (nSPS) is 11.6. The molecule has 0 saturated carbocycles. The number of nitrogens with one attached hydrogen (secondary N) is 1. The average molecular weight is 352 g/mol. The summed E-state index contributed by atoms with van der Waals surface area (Å²) in [4.78, 5) is 22.9. The molecule has 0 aliphatic carbocycles. The van der Waals surface area contributed by atoms with Crippen LogP contribution < -0.4 is 5.32 Å². The number of alkyl carbamates (subject to hydrolysis) is 1. The summed E-state index contributed by atoms with van der Waals surface area (Å²) in [7, 11) is 0. The van der Waals surface area contributed by atoms with E-state index in [4.69, 9.17) is 21.4 Å². The first-order valence-electron chi connectivity index (χ1n) is 7.09. The van der Waals surface area contributed by atoms with E-state index in [-0.39, 0.29) is 18.1 Å². The van der Waals surface area contributed by atoms with Gasteiger partial charge in [-0.05, 0) is 23.3 Å². The summed E-state index contributed by atoms with van der Waals surface area (Å²) in [5.74, 6) is -1.75. The molecule has 7 heteroatoms. The van der Waals surface area contributed by atoms with Gasteiger partial charge in [0.2, 0.25) is 0 Å². The number of ether oxygens (including phenoxy) is 1. The molecule has 0 bridgehead atoms. The van der Waals surface area contributed by atoms with E-state index >= 15 is 0 Å². The van der Waals surface area contributed by atoms with Crippen LogP contribution in [0.4, 0.5) is 9.18 Å². The number of carboxylic acids is 1. The number of hydrogen-bond donors (Lipinski definition) is 2. The van der Waals surface area contributed by atoms with E-state index in [1.807, 2.05) is 18.2 Å². The Balaban J connectivity index is 2.03. The Labute approximate surface area is 143 Å². The summed E-state index contributed by atoms with van der Waals surface area (Å²) in [5.41, 5.74) is 1.17. The van der Waals surface area contributed by atoms with Gasteiger partial charge in [0.15, 0.2) is 0 Å². The maximum Gasteiger partial charge on any atom is 0.407 e. The van der Waals surface area contributed by atoms with Crippen molar-refractivity contribution in [3.05, 3.63) is 70.5 Å². The fourth-order valence-corrected chi connectivity index (χ4v) is 2.25. The molecule has 1 amide bonds. The minimum absolute atomic E-state index is 0.0522. The van der Waals surface area contributed by atoms with Gasteiger partial charge < -0.3 is 15.2 Å². The Morgan fingerprint density at radius 2 is 1.92 bits per heavy atom. The number of carbonyl (C=O) groups is 2. The fourth-order valence-electron chi connectivity index (χ4n) is 2.06. The van der Waals surface area contributed by atoms with Gasteiger partial charge in [0.05, 0.1) is 17.5 Å². The van der Waals surface area contributed by atoms with E-state index in [1.54, 1.807) is 12.1 Å². The minimum Gasteiger partial charge on any atom is -0.481 e. The fraction of sp³-hybridized carbons (Fsp3) is 0.176. The number of hydrogen-bond acceptors (Lipinski definition) is 3. The lowest BCUT2D eigenvalue weighted by molar-refractivity contribution is -0.137. The second-order valence-electron chi connectivity index (χ2n) is 5.03. The third kappa shape index (κ3) is 5.24. The lowest BCUT2D eigenvalue weighted by atomic mass is 10.0. The summed E-state index contributed by atoms with van der Waals surface area (Å²) >= 11 is 5.71. The number of amides is 1. The zero-order valence-electron chi connectivity index (χ0n) is 12.5. The third-order valence-electron chi connectivity index (χ3n) is 3.23. The quantitative estimate of drug-likeness (QED) is 0.827. The van der Waals surface area contributed by atoms with Crippen LogP contribution in [-0.4, -0.2) is 17.2 Å². The summed E-state index contributed by atoms with van der Waals surface area (Å²) < 4.78 is 18.3. The molecule has 126 valence electrons. The smallest absolute Gasteiger partial charge is 0.407 e. The van der Waals surface area contributed by atoms with Crippen LogP contribution in [0, 0.1) is 5.82 Å². The van der Waals surface area contributed by atoms with Gasteiger partial charge in [-0.25, -0.2) is 9.18 Å². The van der Waals surface area contributed by atoms with Gasteiger partial charge in [0.1, 0.15) is 12.4 Å². The van der Waals surface area contributed by atoms with Crippen LogP contribution in [0.25, 0.3) is 0 Å². The molecule has 0 radical (unpaired) electrons. The zero-order valence-corrected chi connectivity index (χ0v) is 13.3. The maximum absolute atomic E-state index is 13.2. The molecule has 2 rings (SSSR count). The summed E-state index contributed by atoms with van der Waals surface area (Å²) in [6, 6.07) is 11.9. The lowest BCUT2D eigenvalue weighted by Gasteiger charge is -2.17. The van der Waals surface area contributed by atoms with Crippen LogP contribution in [-0.2, 0) is 16.1 Å². The Morgan fingerprint density at radius 3 is 2.54 bits per heavy atom. The van der Waals surface area contributed by atoms with E-state index in [0.717, 1.165) is 11.6 Å². The van der Waals surface area contributed by atoms with Crippen molar-refractivity contribution < 1.29 is 23.8 Å². The van der Waals surface area contributed by atoms with Crippen LogP contribution in [0.1, 0.15) is 23.6 Å². The third-order valence-corrected chi connectivity index (χ3v) is 3.52. The molecule has 0 aliphatic heterocycles. The Morgan fingerprint density at radius 1 is 1.21 bits per heavy atom. The van der Waals surface area contributed by atoms with Gasteiger partial charge in [0.25, 0.3) is 0 Å². The highest BCUT2D eigenvalue weighted by molar-refractivity contribution is 6.30. The molecule has 2 aromatic rings. The highest BCUT2D eigenvalue weighted by Crippen LogP contribution is 2.23. The Kier molecular flexibility index (Phi) is 6.14. The molecule has 5 nitrogen and oxygen atoms in total. The van der Waals surface area contributed by atoms with Crippen LogP contribution in [0.3, 0.4) is 0 Å². The van der Waals surface area contributed by atoms with Crippen LogP contribution in [0.2, 0.25) is 5.02 Å². The maximum atomic E-state index is 13.2. The summed E-state index contributed by atoms with van der Waals surface area (Å²) in [6.07, 6.45) is -1.16. The van der Waals surface area contributed by atoms with Crippen molar-refractivity contribution in [3.63, 3.8) is 0 Å². The standard InChI is InChI=1S/C17H15ClFNO4/c18-13-8-12(6-7-14(13)19)15(9-16(21)22)20-17(23)24-10-11-4-2-1-3-5-11/h1-8,15H,9-10H2,(H,20,23)(H,21,22). The second kappa shape index (κ2) is 8.31. The predicted octanol–water partition coefficient (Wildman–Crippen LogP) is 3.92. The molecule has 0 fully saturated rings. The molecular weight excluding hydrogens is 337 g/mol. The number of halogens is 2. The number of aliphatic carboxylic acids is 1. The first-order chi connectivity index (χ1) is 11.5. The molecular formula is C17H15ClFNO4. The molecule has 1 atom stereocenters. The van der Waals surface area contributed by atoms with Gasteiger partial charge in [-0.3, -0.25) is 4.79 Å². The second-order valence-corrected chi connectivity index (χ2v) is 5.44. The van der Waals surface area contributed by atoms with Gasteiger partial charge in [0, 0.05) is 0 Å². The van der Waals surface area contributed by atoms with Crippen LogP contribution >= 0.6 is 11.6 Å². The Hall–Kier alpha value is -2.60. The molecule has 0 aliphatic rings. The van der Waals surface area contributed by atoms with E-state index in [0.29, 0.717) is 5.56 Å². The van der Waals surface area contributed by atoms with Crippen LogP contribution in [0.5, 0.6) is 0 Å². The van der Waals surface area contributed by atoms with Gasteiger partial charge >= 0.3 is 12.1 Å². The number of carbonyl (C=O) groups excluding carboxylic acids is 1. The van der Waals surface area contributed by atoms with Crippen molar-refractivity contribution in [1.82, 2.24) is 5.32 Å². The SMILES string of the molecule is O=C(O)CC(NC(=O)OCc1ccccc1)c1ccc(F)c(Cl)c1. The summed E-state index contributed by atoms with van der Waals surface area (Å²) in [5, 5.41) is 11.3. The minimum atomic E-state index is -1.12. The first-order valence-corrected chi connectivity index (χ1v) is 7.47. The van der Waals surface area contributed by atoms with Gasteiger partial charge in [-0.1, -0.05) is 48.0 Å². The largest absolute Gasteiger partial charge is 0.481 e. The number of carboxylic acid groups (broad SMARTS) is 1. The molecule has 0 heterocycles. The van der Waals surface area contributed by atoms with Crippen molar-refractivity contribution in [3.8, 4) is 0 Å². The van der Waals surface area contributed by atoms with E-state index in [2.05, 4.69) is 5.32 Å². The van der Waals surface area contributed by atoms with Crippen molar-refractivity contribution in [1.29, 1.82) is 0 Å². The van der Waals surface area contributed by atoms with E-state index in [1.165, 1.54) is 12.1 Å². The Bertz CT molecular complexity index is 724. The monoisotopic (exact) mass is 351 g/mol. The number of benzene rings is 2. The molecule has 2 aromatic carbocycles. The van der Waals surface area contributed by atoms with E-state index in [9.17, 15) is 14.0 Å². The zero-order chi connectivity index (χ0) is 17.5. The number of rotatable bonds is 6. The highest BCUT2D eigenvalue weighted by Gasteiger charge is 2.20. The van der Waals surface area contributed by atoms with Crippen molar-refractivity contribution in [2.24, 2.45) is 0 Å². The predicted molar refractivity (Wildman–Crippen MR) is 86.2 cm³/mol. The lowest BCUT2D eigenvalue weighted by Crippen LogP contribution is -2.30. The average Bonchev–Trinajstić information content (AvgIpc) is 2.55. The molecule has 0 spiro atoms. The van der Waals surface area contributed by atoms with Gasteiger partial charge in [-0.2, -0.15) is 0 Å². The molecule has 2 N–H and O–H groups in total. The van der Waals surface area contributed by atoms with Crippen molar-refractivity contribution >= 4 is 23.7 Å². The van der Waals surface area contributed by atoms with Crippen LogP contribution in [0.15, 0.2) is 48.5 Å². The highest BCUT2D eigenvalue weighted by atomic mass is 35.5. The van der Waals surface area contributed by atoms with Gasteiger partial charge in [-0.15, -0.1) is 0 Å². The molecule has 0 aromatic heterocycles.